The minimum absolute atomic E-state index is 0.660. The van der Waals surface area contributed by atoms with Crippen LogP contribution in [0.15, 0.2) is 59.1 Å². The highest BCUT2D eigenvalue weighted by atomic mass is 32.2. The smallest absolute Gasteiger partial charge is 0.191 e. The van der Waals surface area contributed by atoms with Crippen molar-refractivity contribution in [3.8, 4) is 27.7 Å². The monoisotopic (exact) mass is 436 g/mol. The highest BCUT2D eigenvalue weighted by Crippen LogP contribution is 2.30. The van der Waals surface area contributed by atoms with Gasteiger partial charge in [-0.2, -0.15) is 0 Å². The van der Waals surface area contributed by atoms with Crippen LogP contribution in [0.3, 0.4) is 0 Å². The maximum atomic E-state index is 5.53. The third kappa shape index (κ3) is 4.57. The summed E-state index contributed by atoms with van der Waals surface area (Å²) in [5.41, 5.74) is 4.52. The summed E-state index contributed by atoms with van der Waals surface area (Å²) < 4.78 is 7.68. The van der Waals surface area contributed by atoms with Gasteiger partial charge in [-0.15, -0.1) is 21.5 Å². The van der Waals surface area contributed by atoms with E-state index in [4.69, 9.17) is 9.72 Å². The van der Waals surface area contributed by atoms with Gasteiger partial charge in [0.15, 0.2) is 11.0 Å². The Morgan fingerprint density at radius 3 is 2.60 bits per heavy atom. The van der Waals surface area contributed by atoms with Gasteiger partial charge in [0.2, 0.25) is 0 Å². The highest BCUT2D eigenvalue weighted by Gasteiger charge is 2.14. The zero-order valence-corrected chi connectivity index (χ0v) is 19.0. The summed E-state index contributed by atoms with van der Waals surface area (Å²) in [6, 6.07) is 16.5. The van der Waals surface area contributed by atoms with E-state index in [0.29, 0.717) is 6.61 Å². The predicted octanol–water partition coefficient (Wildman–Crippen LogP) is 6.09. The van der Waals surface area contributed by atoms with E-state index in [1.54, 1.807) is 23.1 Å². The van der Waals surface area contributed by atoms with Gasteiger partial charge >= 0.3 is 0 Å². The fourth-order valence-corrected chi connectivity index (χ4v) is 5.00. The molecule has 0 spiro atoms. The van der Waals surface area contributed by atoms with Crippen LogP contribution in [0.2, 0.25) is 0 Å². The van der Waals surface area contributed by atoms with Crippen LogP contribution in [-0.4, -0.2) is 26.4 Å². The molecule has 0 saturated heterocycles. The fourth-order valence-electron chi connectivity index (χ4n) is 3.18. The van der Waals surface area contributed by atoms with E-state index in [0.717, 1.165) is 45.3 Å². The van der Waals surface area contributed by atoms with Crippen molar-refractivity contribution >= 4 is 23.1 Å². The number of benzene rings is 2. The zero-order chi connectivity index (χ0) is 20.9. The topological polar surface area (TPSA) is 52.8 Å². The van der Waals surface area contributed by atoms with Crippen molar-refractivity contribution in [3.05, 3.63) is 65.2 Å². The first-order valence-corrected chi connectivity index (χ1v) is 11.8. The Labute approximate surface area is 185 Å². The van der Waals surface area contributed by atoms with Crippen LogP contribution in [0.25, 0.3) is 22.0 Å². The fraction of sp³-hybridized carbons (Fsp3) is 0.261. The van der Waals surface area contributed by atoms with Crippen molar-refractivity contribution in [1.82, 2.24) is 19.7 Å². The van der Waals surface area contributed by atoms with Gasteiger partial charge in [0, 0.05) is 28.8 Å². The zero-order valence-electron chi connectivity index (χ0n) is 17.3. The molecule has 4 rings (SSSR count). The van der Waals surface area contributed by atoms with Crippen LogP contribution >= 0.6 is 23.1 Å². The molecule has 0 aliphatic heterocycles. The Morgan fingerprint density at radius 1 is 1.03 bits per heavy atom. The molecule has 0 N–H and O–H groups in total. The molecule has 30 heavy (non-hydrogen) atoms. The molecular formula is C23H24N4OS2. The lowest BCUT2D eigenvalue weighted by Gasteiger charge is -2.08. The van der Waals surface area contributed by atoms with Crippen molar-refractivity contribution in [2.75, 3.05) is 6.61 Å². The van der Waals surface area contributed by atoms with Crippen LogP contribution in [0, 0.1) is 6.92 Å². The second-order valence-corrected chi connectivity index (χ2v) is 8.61. The molecule has 0 atom stereocenters. The molecule has 0 aliphatic rings. The van der Waals surface area contributed by atoms with E-state index in [2.05, 4.69) is 58.3 Å². The minimum atomic E-state index is 0.660. The molecule has 2 aromatic carbocycles. The third-order valence-corrected chi connectivity index (χ3v) is 6.56. The molecule has 0 unspecified atom stereocenters. The highest BCUT2D eigenvalue weighted by molar-refractivity contribution is 7.98. The first-order chi connectivity index (χ1) is 14.7. The second-order valence-electron chi connectivity index (χ2n) is 6.81. The van der Waals surface area contributed by atoms with E-state index in [1.165, 1.54) is 11.1 Å². The normalized spacial score (nSPS) is 11.0. The molecule has 0 amide bonds. The Morgan fingerprint density at radius 2 is 1.87 bits per heavy atom. The summed E-state index contributed by atoms with van der Waals surface area (Å²) in [6.45, 7) is 7.67. The van der Waals surface area contributed by atoms with E-state index >= 15 is 0 Å². The van der Waals surface area contributed by atoms with Gasteiger partial charge in [-0.3, -0.25) is 0 Å². The summed E-state index contributed by atoms with van der Waals surface area (Å²) >= 11 is 3.36. The number of nitrogens with zero attached hydrogens (tertiary/aromatic N) is 4. The number of thiazole rings is 1. The molecule has 0 bridgehead atoms. The van der Waals surface area contributed by atoms with Crippen LogP contribution < -0.4 is 4.74 Å². The van der Waals surface area contributed by atoms with E-state index in [1.807, 2.05) is 31.2 Å². The molecule has 154 valence electrons. The summed E-state index contributed by atoms with van der Waals surface area (Å²) in [4.78, 5) is 4.81. The SMILES string of the molecule is CCOc1ccc(-c2nnc(SCc3csc(-c4cccc(C)c4)n3)n2CC)cc1. The van der Waals surface area contributed by atoms with Crippen molar-refractivity contribution in [2.45, 2.75) is 38.2 Å². The molecule has 2 heterocycles. The van der Waals surface area contributed by atoms with Crippen LogP contribution in [0.4, 0.5) is 0 Å². The maximum absolute atomic E-state index is 5.53. The molecule has 5 nitrogen and oxygen atoms in total. The Hall–Kier alpha value is -2.64. The van der Waals surface area contributed by atoms with Crippen LogP contribution in [0.5, 0.6) is 5.75 Å². The van der Waals surface area contributed by atoms with E-state index in [9.17, 15) is 0 Å². The largest absolute Gasteiger partial charge is 0.494 e. The van der Waals surface area contributed by atoms with Gasteiger partial charge in [-0.05, 0) is 51.1 Å². The van der Waals surface area contributed by atoms with Gasteiger partial charge in [0.1, 0.15) is 10.8 Å². The van der Waals surface area contributed by atoms with Crippen LogP contribution in [-0.2, 0) is 12.3 Å². The summed E-state index contributed by atoms with van der Waals surface area (Å²) in [7, 11) is 0. The number of ether oxygens (including phenoxy) is 1. The number of aryl methyl sites for hydroxylation is 1. The van der Waals surface area contributed by atoms with Crippen molar-refractivity contribution < 1.29 is 4.74 Å². The predicted molar refractivity (Wildman–Crippen MR) is 124 cm³/mol. The molecule has 4 aromatic rings. The minimum Gasteiger partial charge on any atom is -0.494 e. The van der Waals surface area contributed by atoms with Crippen LogP contribution in [0.1, 0.15) is 25.1 Å². The first-order valence-electron chi connectivity index (χ1n) is 9.98. The number of rotatable bonds is 8. The molecule has 7 heteroatoms. The Balaban J connectivity index is 1.48. The second kappa shape index (κ2) is 9.45. The number of hydrogen-bond acceptors (Lipinski definition) is 6. The number of hydrogen-bond donors (Lipinski definition) is 0. The van der Waals surface area contributed by atoms with Crippen molar-refractivity contribution in [2.24, 2.45) is 0 Å². The summed E-state index contributed by atoms with van der Waals surface area (Å²) in [6.07, 6.45) is 0. The lowest BCUT2D eigenvalue weighted by atomic mass is 10.1. The van der Waals surface area contributed by atoms with Crippen molar-refractivity contribution in [3.63, 3.8) is 0 Å². The molecular weight excluding hydrogens is 412 g/mol. The number of thioether (sulfide) groups is 1. The molecule has 2 aromatic heterocycles. The summed E-state index contributed by atoms with van der Waals surface area (Å²) in [5.74, 6) is 2.51. The lowest BCUT2D eigenvalue weighted by Crippen LogP contribution is -2.00. The van der Waals surface area contributed by atoms with Gasteiger partial charge < -0.3 is 9.30 Å². The molecule has 0 aliphatic carbocycles. The van der Waals surface area contributed by atoms with Gasteiger partial charge in [0.25, 0.3) is 0 Å². The van der Waals surface area contributed by atoms with E-state index in [-0.39, 0.29) is 0 Å². The maximum Gasteiger partial charge on any atom is 0.191 e. The van der Waals surface area contributed by atoms with Gasteiger partial charge in [0.05, 0.1) is 12.3 Å². The van der Waals surface area contributed by atoms with Crippen molar-refractivity contribution in [1.29, 1.82) is 0 Å². The molecule has 0 saturated carbocycles. The number of aromatic nitrogens is 4. The van der Waals surface area contributed by atoms with Gasteiger partial charge in [-0.1, -0.05) is 35.5 Å². The quantitative estimate of drug-likeness (QED) is 0.313. The summed E-state index contributed by atoms with van der Waals surface area (Å²) in [5, 5.41) is 13.0. The standard InChI is InChI=1S/C23H24N4OS2/c1-4-27-21(17-9-11-20(12-10-17)28-5-2)25-26-23(27)30-15-19-14-29-22(24-19)18-8-6-7-16(3)13-18/h6-14H,4-5,15H2,1-3H3. The lowest BCUT2D eigenvalue weighted by molar-refractivity contribution is 0.340. The Bertz CT molecular complexity index is 1120. The third-order valence-electron chi connectivity index (χ3n) is 4.62. The average Bonchev–Trinajstić information content (AvgIpc) is 3.40. The molecule has 0 radical (unpaired) electrons. The average molecular weight is 437 g/mol. The Kier molecular flexibility index (Phi) is 6.50. The van der Waals surface area contributed by atoms with E-state index < -0.39 is 0 Å². The first kappa shape index (κ1) is 20.6. The molecule has 0 fully saturated rings. The van der Waals surface area contributed by atoms with Gasteiger partial charge in [-0.25, -0.2) is 4.98 Å².